The van der Waals surface area contributed by atoms with E-state index in [0.717, 1.165) is 6.54 Å². The van der Waals surface area contributed by atoms with E-state index < -0.39 is 0 Å². The number of hydrogen-bond acceptors (Lipinski definition) is 3. The van der Waals surface area contributed by atoms with Crippen LogP contribution >= 0.6 is 12.4 Å². The minimum Gasteiger partial charge on any atom is -0.375 e. The summed E-state index contributed by atoms with van der Waals surface area (Å²) in [7, 11) is 0. The highest BCUT2D eigenvalue weighted by atomic mass is 35.5. The van der Waals surface area contributed by atoms with Gasteiger partial charge in [-0.1, -0.05) is 6.08 Å². The molecule has 0 spiro atoms. The van der Waals surface area contributed by atoms with Crippen LogP contribution in [0.3, 0.4) is 0 Å². The summed E-state index contributed by atoms with van der Waals surface area (Å²) in [5.74, 6) is -0.0235. The lowest BCUT2D eigenvalue weighted by atomic mass is 10.1. The Bertz CT molecular complexity index is 223. The summed E-state index contributed by atoms with van der Waals surface area (Å²) < 4.78 is 5.38. The van der Waals surface area contributed by atoms with Gasteiger partial charge < -0.3 is 15.4 Å². The van der Waals surface area contributed by atoms with E-state index in [1.165, 1.54) is 0 Å². The van der Waals surface area contributed by atoms with Crippen molar-refractivity contribution in [3.63, 3.8) is 0 Å². The highest BCUT2D eigenvalue weighted by Crippen LogP contribution is 2.04. The van der Waals surface area contributed by atoms with Crippen molar-refractivity contribution >= 4 is 18.3 Å². The molecule has 2 N–H and O–H groups in total. The Balaban J connectivity index is 0.00000196. The fraction of sp³-hybridized carbons (Fsp3) is 0.700. The van der Waals surface area contributed by atoms with Crippen molar-refractivity contribution in [2.75, 3.05) is 13.2 Å². The maximum atomic E-state index is 11.7. The Labute approximate surface area is 96.9 Å². The van der Waals surface area contributed by atoms with E-state index in [4.69, 9.17) is 4.74 Å². The number of halogens is 1. The molecule has 1 unspecified atom stereocenters. The fourth-order valence-electron chi connectivity index (χ4n) is 1.40. The summed E-state index contributed by atoms with van der Waals surface area (Å²) in [4.78, 5) is 11.7. The molecule has 0 aromatic heterocycles. The van der Waals surface area contributed by atoms with Gasteiger partial charge in [-0.25, -0.2) is 0 Å². The van der Waals surface area contributed by atoms with E-state index >= 15 is 0 Å². The minimum atomic E-state index is -0.244. The zero-order valence-electron chi connectivity index (χ0n) is 9.16. The summed E-state index contributed by atoms with van der Waals surface area (Å²) in [6, 6.07) is -0.246. The van der Waals surface area contributed by atoms with Gasteiger partial charge in [-0.15, -0.1) is 19.0 Å². The standard InChI is InChI=1S/C10H18N2O2.ClH/c1-4-7(2)12-10(13)9-8(3)14-6-5-11-9;/h4,7-9,11H,1,5-6H2,2-3H3,(H,12,13);1H/t7?,8-,9+;/m1./s1. The zero-order valence-corrected chi connectivity index (χ0v) is 9.97. The Morgan fingerprint density at radius 1 is 1.73 bits per heavy atom. The summed E-state index contributed by atoms with van der Waals surface area (Å²) in [6.45, 7) is 8.79. The molecule has 1 fully saturated rings. The van der Waals surface area contributed by atoms with E-state index in [1.54, 1.807) is 6.08 Å². The maximum Gasteiger partial charge on any atom is 0.240 e. The molecule has 0 saturated carbocycles. The van der Waals surface area contributed by atoms with Crippen LogP contribution in [0.4, 0.5) is 0 Å². The third-order valence-corrected chi connectivity index (χ3v) is 2.32. The summed E-state index contributed by atoms with van der Waals surface area (Å²) in [6.07, 6.45) is 1.63. The number of hydrogen-bond donors (Lipinski definition) is 2. The smallest absolute Gasteiger partial charge is 0.240 e. The molecule has 1 amide bonds. The number of rotatable bonds is 3. The fourth-order valence-corrected chi connectivity index (χ4v) is 1.40. The van der Waals surface area contributed by atoms with Crippen LogP contribution in [0, 0.1) is 0 Å². The van der Waals surface area contributed by atoms with Gasteiger partial charge in [-0.3, -0.25) is 4.79 Å². The number of carbonyl (C=O) groups excluding carboxylic acids is 1. The van der Waals surface area contributed by atoms with Crippen molar-refractivity contribution in [1.29, 1.82) is 0 Å². The second-order valence-corrected chi connectivity index (χ2v) is 3.54. The highest BCUT2D eigenvalue weighted by Gasteiger charge is 2.28. The molecule has 0 aliphatic carbocycles. The third kappa shape index (κ3) is 4.20. The second kappa shape index (κ2) is 6.82. The van der Waals surface area contributed by atoms with E-state index in [1.807, 2.05) is 13.8 Å². The Hall–Kier alpha value is -0.580. The quantitative estimate of drug-likeness (QED) is 0.699. The molecule has 1 heterocycles. The maximum absolute atomic E-state index is 11.7. The Kier molecular flexibility index (Phi) is 6.56. The van der Waals surface area contributed by atoms with Crippen molar-refractivity contribution < 1.29 is 9.53 Å². The van der Waals surface area contributed by atoms with Crippen LogP contribution in [0.5, 0.6) is 0 Å². The number of morpholine rings is 1. The molecule has 0 radical (unpaired) electrons. The predicted molar refractivity (Wildman–Crippen MR) is 62.3 cm³/mol. The molecule has 0 aromatic rings. The molecule has 0 aromatic carbocycles. The van der Waals surface area contributed by atoms with Gasteiger partial charge in [0, 0.05) is 12.6 Å². The SMILES string of the molecule is C=CC(C)NC(=O)[C@H]1NCCO[C@@H]1C.Cl. The van der Waals surface area contributed by atoms with Crippen LogP contribution in [0.1, 0.15) is 13.8 Å². The first-order valence-corrected chi connectivity index (χ1v) is 4.93. The van der Waals surface area contributed by atoms with Crippen LogP contribution in [0.15, 0.2) is 12.7 Å². The predicted octanol–water partition coefficient (Wildman–Crippen LogP) is 0.476. The first kappa shape index (κ1) is 14.4. The van der Waals surface area contributed by atoms with Gasteiger partial charge in [0.1, 0.15) is 6.04 Å². The third-order valence-electron chi connectivity index (χ3n) is 2.32. The number of amides is 1. The molecule has 1 rings (SSSR count). The molecule has 3 atom stereocenters. The Morgan fingerprint density at radius 3 is 2.93 bits per heavy atom. The summed E-state index contributed by atoms with van der Waals surface area (Å²) in [5, 5.41) is 5.96. The molecule has 4 nitrogen and oxygen atoms in total. The van der Waals surface area contributed by atoms with Crippen molar-refractivity contribution in [3.05, 3.63) is 12.7 Å². The van der Waals surface area contributed by atoms with Crippen LogP contribution in [0.2, 0.25) is 0 Å². The van der Waals surface area contributed by atoms with E-state index in [2.05, 4.69) is 17.2 Å². The van der Waals surface area contributed by atoms with Crippen LogP contribution in [-0.4, -0.2) is 37.2 Å². The van der Waals surface area contributed by atoms with Crippen molar-refractivity contribution in [1.82, 2.24) is 10.6 Å². The average Bonchev–Trinajstić information content (AvgIpc) is 2.18. The van der Waals surface area contributed by atoms with E-state index in [-0.39, 0.29) is 36.5 Å². The molecule has 1 saturated heterocycles. The zero-order chi connectivity index (χ0) is 10.6. The number of nitrogens with one attached hydrogen (secondary N) is 2. The molecule has 1 aliphatic heterocycles. The second-order valence-electron chi connectivity index (χ2n) is 3.54. The molecule has 0 bridgehead atoms. The van der Waals surface area contributed by atoms with Crippen LogP contribution in [-0.2, 0) is 9.53 Å². The van der Waals surface area contributed by atoms with Gasteiger partial charge in [0.25, 0.3) is 0 Å². The number of ether oxygens (including phenoxy) is 1. The van der Waals surface area contributed by atoms with Crippen LogP contribution in [0.25, 0.3) is 0 Å². The molecule has 88 valence electrons. The lowest BCUT2D eigenvalue weighted by molar-refractivity contribution is -0.129. The van der Waals surface area contributed by atoms with Crippen molar-refractivity contribution in [2.45, 2.75) is 32.0 Å². The summed E-state index contributed by atoms with van der Waals surface area (Å²) in [5.41, 5.74) is 0. The highest BCUT2D eigenvalue weighted by molar-refractivity contribution is 5.85. The largest absolute Gasteiger partial charge is 0.375 e. The Morgan fingerprint density at radius 2 is 2.40 bits per heavy atom. The topological polar surface area (TPSA) is 50.4 Å². The van der Waals surface area contributed by atoms with Crippen molar-refractivity contribution in [2.24, 2.45) is 0 Å². The first-order valence-electron chi connectivity index (χ1n) is 4.93. The van der Waals surface area contributed by atoms with E-state index in [0.29, 0.717) is 6.61 Å². The van der Waals surface area contributed by atoms with E-state index in [9.17, 15) is 4.79 Å². The van der Waals surface area contributed by atoms with Gasteiger partial charge in [-0.2, -0.15) is 0 Å². The lowest BCUT2D eigenvalue weighted by Crippen LogP contribution is -2.56. The lowest BCUT2D eigenvalue weighted by Gasteiger charge is -2.29. The molecule has 15 heavy (non-hydrogen) atoms. The molecular formula is C10H19ClN2O2. The monoisotopic (exact) mass is 234 g/mol. The molecular weight excluding hydrogens is 216 g/mol. The van der Waals surface area contributed by atoms with Crippen LogP contribution < -0.4 is 10.6 Å². The normalized spacial score (nSPS) is 27.3. The van der Waals surface area contributed by atoms with Gasteiger partial charge in [0.15, 0.2) is 0 Å². The van der Waals surface area contributed by atoms with Gasteiger partial charge in [-0.05, 0) is 13.8 Å². The first-order chi connectivity index (χ1) is 6.65. The van der Waals surface area contributed by atoms with Crippen molar-refractivity contribution in [3.8, 4) is 0 Å². The number of carbonyl (C=O) groups is 1. The summed E-state index contributed by atoms with van der Waals surface area (Å²) >= 11 is 0. The molecule has 5 heteroatoms. The van der Waals surface area contributed by atoms with Gasteiger partial charge in [0.2, 0.25) is 5.91 Å². The minimum absolute atomic E-state index is 0. The average molecular weight is 235 g/mol. The van der Waals surface area contributed by atoms with Gasteiger partial charge in [0.05, 0.1) is 12.7 Å². The molecule has 1 aliphatic rings. The van der Waals surface area contributed by atoms with Gasteiger partial charge >= 0.3 is 0 Å².